The van der Waals surface area contributed by atoms with Crippen LogP contribution in [0.5, 0.6) is 0 Å². The molecule has 0 saturated heterocycles. The molecule has 0 aliphatic rings. The molecular weight excluding hydrogens is 277 g/mol. The predicted molar refractivity (Wildman–Crippen MR) is 65.1 cm³/mol. The first kappa shape index (κ1) is 17.0. The van der Waals surface area contributed by atoms with Crippen molar-refractivity contribution in [1.29, 1.82) is 0 Å². The second-order valence-electron chi connectivity index (χ2n) is 5.95. The van der Waals surface area contributed by atoms with Crippen LogP contribution in [0.25, 0.3) is 0 Å². The second-order valence-corrected chi connectivity index (χ2v) is 8.59. The predicted octanol–water partition coefficient (Wildman–Crippen LogP) is 3.92. The molecule has 0 radical (unpaired) electrons. The van der Waals surface area contributed by atoms with Crippen molar-refractivity contribution in [3.63, 3.8) is 0 Å². The summed E-state index contributed by atoms with van der Waals surface area (Å²) in [6.07, 6.45) is 2.45. The van der Waals surface area contributed by atoms with Crippen LogP contribution in [0.4, 0.5) is 0 Å². The summed E-state index contributed by atoms with van der Waals surface area (Å²) in [7, 11) is 0. The molecule has 95 valence electrons. The zero-order valence-corrected chi connectivity index (χ0v) is 14.6. The van der Waals surface area contributed by atoms with Gasteiger partial charge in [-0.05, 0) is 0 Å². The van der Waals surface area contributed by atoms with Crippen LogP contribution in [0.15, 0.2) is 0 Å². The first-order valence-electron chi connectivity index (χ1n) is 6.43. The molecule has 0 aliphatic heterocycles. The summed E-state index contributed by atoms with van der Waals surface area (Å²) in [4.78, 5) is 0. The maximum absolute atomic E-state index is 5.70. The van der Waals surface area contributed by atoms with Gasteiger partial charge in [0.05, 0.1) is 0 Å². The standard InChI is InChI=1S/C8H17O2.C5H11.Y/c1-8(2)4-3-6-10-7-5-9;1-5(2,3)4;/h8H,3-7H2,1-2H3;1H2,2-4H3;/q-1;;+1. The van der Waals surface area contributed by atoms with E-state index in [1.807, 2.05) is 0 Å². The van der Waals surface area contributed by atoms with E-state index in [0.717, 1.165) is 25.7 Å². The van der Waals surface area contributed by atoms with Crippen LogP contribution in [0.1, 0.15) is 47.5 Å². The molecule has 0 aromatic rings. The molecule has 16 heavy (non-hydrogen) atoms. The quantitative estimate of drug-likeness (QED) is 0.601. The molecule has 0 aliphatic carbocycles. The zero-order valence-electron chi connectivity index (χ0n) is 11.7. The SMILES string of the molecule is CC(C)CCCOCC[O][Y][CH2]C(C)(C)C. The summed E-state index contributed by atoms with van der Waals surface area (Å²) in [5, 5.41) is 0. The molecule has 3 heteroatoms. The van der Waals surface area contributed by atoms with E-state index in [4.69, 9.17) is 6.79 Å². The van der Waals surface area contributed by atoms with Gasteiger partial charge in [0, 0.05) is 0 Å². The normalized spacial score (nSPS) is 11.9. The van der Waals surface area contributed by atoms with E-state index in [0.29, 0.717) is 5.41 Å². The zero-order chi connectivity index (χ0) is 12.4. The molecule has 0 aromatic heterocycles. The Labute approximate surface area is 118 Å². The monoisotopic (exact) mass is 305 g/mol. The van der Waals surface area contributed by atoms with Crippen LogP contribution in [0, 0.1) is 11.3 Å². The van der Waals surface area contributed by atoms with Crippen molar-refractivity contribution in [3.8, 4) is 0 Å². The maximum atomic E-state index is 5.70. The van der Waals surface area contributed by atoms with Crippen molar-refractivity contribution >= 4 is 0 Å². The number of hydrogen-bond acceptors (Lipinski definition) is 2. The summed E-state index contributed by atoms with van der Waals surface area (Å²) >= 11 is -0.756. The summed E-state index contributed by atoms with van der Waals surface area (Å²) in [6.45, 7) is 13.9. The molecule has 0 fully saturated rings. The molecule has 0 atom stereocenters. The first-order valence-corrected chi connectivity index (χ1v) is 9.59. The molecule has 2 nitrogen and oxygen atoms in total. The van der Waals surface area contributed by atoms with Gasteiger partial charge in [-0.25, -0.2) is 0 Å². The van der Waals surface area contributed by atoms with Crippen molar-refractivity contribution in [2.24, 2.45) is 11.3 Å². The van der Waals surface area contributed by atoms with E-state index in [1.165, 1.54) is 16.1 Å². The van der Waals surface area contributed by atoms with Crippen molar-refractivity contribution in [1.82, 2.24) is 0 Å². The summed E-state index contributed by atoms with van der Waals surface area (Å²) < 4.78 is 12.5. The van der Waals surface area contributed by atoms with Crippen LogP contribution in [-0.4, -0.2) is 19.8 Å². The minimum absolute atomic E-state index is 0.458. The second kappa shape index (κ2) is 9.99. The number of rotatable bonds is 9. The van der Waals surface area contributed by atoms with E-state index in [-0.39, 0.29) is 0 Å². The van der Waals surface area contributed by atoms with Crippen molar-refractivity contribution in [2.75, 3.05) is 19.8 Å². The van der Waals surface area contributed by atoms with Crippen LogP contribution >= 0.6 is 0 Å². The van der Waals surface area contributed by atoms with Crippen LogP contribution in [0.3, 0.4) is 0 Å². The fraction of sp³-hybridized carbons (Fsp3) is 1.00. The number of ether oxygens (including phenoxy) is 1. The van der Waals surface area contributed by atoms with E-state index in [2.05, 4.69) is 34.6 Å². The van der Waals surface area contributed by atoms with Gasteiger partial charge in [0.15, 0.2) is 0 Å². The van der Waals surface area contributed by atoms with E-state index in [9.17, 15) is 0 Å². The Balaban J connectivity index is 3.05. The Morgan fingerprint density at radius 3 is 2.31 bits per heavy atom. The molecule has 0 aromatic carbocycles. The minimum atomic E-state index is -0.756. The molecule has 0 rings (SSSR count). The third-order valence-corrected chi connectivity index (χ3v) is 6.81. The van der Waals surface area contributed by atoms with Crippen molar-refractivity contribution < 1.29 is 36.5 Å². The molecule has 0 unspecified atom stereocenters. The van der Waals surface area contributed by atoms with Gasteiger partial charge in [-0.1, -0.05) is 0 Å². The molecule has 0 bridgehead atoms. The van der Waals surface area contributed by atoms with Crippen molar-refractivity contribution in [3.05, 3.63) is 0 Å². The van der Waals surface area contributed by atoms with Gasteiger partial charge in [0.2, 0.25) is 0 Å². The van der Waals surface area contributed by atoms with E-state index < -0.39 is 29.7 Å². The molecule has 0 spiro atoms. The third-order valence-electron chi connectivity index (χ3n) is 2.23. The van der Waals surface area contributed by atoms with Gasteiger partial charge in [0.25, 0.3) is 0 Å². The van der Waals surface area contributed by atoms with Gasteiger partial charge in [-0.2, -0.15) is 0 Å². The molecule has 0 heterocycles. The summed E-state index contributed by atoms with van der Waals surface area (Å²) in [5.74, 6) is 0.793. The van der Waals surface area contributed by atoms with E-state index >= 15 is 0 Å². The number of hydrogen-bond donors (Lipinski definition) is 0. The summed E-state index contributed by atoms with van der Waals surface area (Å²) in [5.41, 5.74) is 0.458. The molecule has 0 saturated carbocycles. The third kappa shape index (κ3) is 15.0. The Morgan fingerprint density at radius 1 is 1.06 bits per heavy atom. The Hall–Kier alpha value is 1.02. The van der Waals surface area contributed by atoms with Gasteiger partial charge in [0.1, 0.15) is 0 Å². The Bertz CT molecular complexity index is 153. The van der Waals surface area contributed by atoms with Gasteiger partial charge < -0.3 is 0 Å². The van der Waals surface area contributed by atoms with E-state index in [1.54, 1.807) is 0 Å². The Morgan fingerprint density at radius 2 is 1.75 bits per heavy atom. The Kier molecular flexibility index (Phi) is 10.6. The summed E-state index contributed by atoms with van der Waals surface area (Å²) in [6, 6.07) is 0. The van der Waals surface area contributed by atoms with Crippen molar-refractivity contribution in [2.45, 2.75) is 50.7 Å². The fourth-order valence-electron chi connectivity index (χ4n) is 1.20. The van der Waals surface area contributed by atoms with Crippen LogP contribution in [-0.2, 0) is 36.5 Å². The van der Waals surface area contributed by atoms with Gasteiger partial charge >= 0.3 is 118 Å². The van der Waals surface area contributed by atoms with Crippen LogP contribution < -0.4 is 0 Å². The van der Waals surface area contributed by atoms with Crippen LogP contribution in [0.2, 0.25) is 3.23 Å². The topological polar surface area (TPSA) is 18.5 Å². The van der Waals surface area contributed by atoms with Gasteiger partial charge in [-0.3, -0.25) is 0 Å². The molecule has 0 N–H and O–H groups in total. The average molecular weight is 305 g/mol. The average Bonchev–Trinajstić information content (AvgIpc) is 2.13. The van der Waals surface area contributed by atoms with Gasteiger partial charge in [-0.15, -0.1) is 0 Å². The molecular formula is C13H28O2Y. The first-order chi connectivity index (χ1) is 7.42. The molecule has 0 amide bonds. The fourth-order valence-corrected chi connectivity index (χ4v) is 3.36.